The summed E-state index contributed by atoms with van der Waals surface area (Å²) in [6.07, 6.45) is 8.42. The molecular weight excluding hydrogens is 494 g/mol. The van der Waals surface area contributed by atoms with Crippen LogP contribution in [0.15, 0.2) is 97.2 Å². The Labute approximate surface area is 238 Å². The number of benzene rings is 3. The van der Waals surface area contributed by atoms with E-state index in [9.17, 15) is 9.59 Å². The van der Waals surface area contributed by atoms with Crippen LogP contribution in [-0.4, -0.2) is 34.4 Å². The average Bonchev–Trinajstić information content (AvgIpc) is 3.49. The summed E-state index contributed by atoms with van der Waals surface area (Å²) in [5, 5.41) is 0. The van der Waals surface area contributed by atoms with Gasteiger partial charge in [0.15, 0.2) is 0 Å². The summed E-state index contributed by atoms with van der Waals surface area (Å²) in [5.74, 6) is -0.179. The smallest absolute Gasteiger partial charge is 0.254 e. The molecule has 1 atom stereocenters. The molecule has 0 bridgehead atoms. The highest BCUT2D eigenvalue weighted by molar-refractivity contribution is 6.02. The van der Waals surface area contributed by atoms with Gasteiger partial charge in [-0.25, -0.2) is 0 Å². The molecule has 40 heavy (non-hydrogen) atoms. The maximum Gasteiger partial charge on any atom is 0.254 e. The van der Waals surface area contributed by atoms with Gasteiger partial charge >= 0.3 is 0 Å². The molecular formula is C35H39N3O2. The molecule has 1 aromatic heterocycles. The molecule has 0 radical (unpaired) electrons. The van der Waals surface area contributed by atoms with Crippen molar-refractivity contribution < 1.29 is 9.59 Å². The van der Waals surface area contributed by atoms with E-state index in [1.807, 2.05) is 65.6 Å². The maximum atomic E-state index is 14.3. The van der Waals surface area contributed by atoms with Crippen LogP contribution in [0.25, 0.3) is 5.69 Å². The highest BCUT2D eigenvalue weighted by Gasteiger charge is 2.36. The number of unbranched alkanes of at least 4 members (excludes halogenated alkanes) is 3. The number of carbonyl (C=O) groups excluding carboxylic acids is 2. The second-order valence-corrected chi connectivity index (χ2v) is 10.6. The SMILES string of the molecule is CCCCCc1ccc(C(=O)N(CCCC)CC(=O)N2c3ccccc3-n3cccc3C2c2ccccc2)cc1. The minimum Gasteiger partial charge on any atom is -0.329 e. The van der Waals surface area contributed by atoms with E-state index < -0.39 is 0 Å². The standard InChI is InChI=1S/C35H39N3O2/c1-3-5-8-14-27-20-22-29(23-21-27)35(40)36(24-6-4-2)26-33(39)38-31-18-12-11-17-30(31)37-25-13-19-32(37)34(38)28-15-9-7-10-16-28/h7,9-13,15-23,25,34H,3-6,8,14,24,26H2,1-2H3. The van der Waals surface area contributed by atoms with Gasteiger partial charge in [-0.1, -0.05) is 87.7 Å². The Morgan fingerprint density at radius 2 is 1.45 bits per heavy atom. The summed E-state index contributed by atoms with van der Waals surface area (Å²) in [4.78, 5) is 31.7. The number of rotatable bonds is 11. The number of carbonyl (C=O) groups is 2. The van der Waals surface area contributed by atoms with Gasteiger partial charge in [0.25, 0.3) is 5.91 Å². The summed E-state index contributed by atoms with van der Waals surface area (Å²) in [6, 6.07) is 29.9. The lowest BCUT2D eigenvalue weighted by atomic mass is 9.97. The number of anilines is 1. The van der Waals surface area contributed by atoms with Gasteiger partial charge in [-0.3, -0.25) is 14.5 Å². The van der Waals surface area contributed by atoms with Gasteiger partial charge in [0.2, 0.25) is 5.91 Å². The molecule has 5 heteroatoms. The van der Waals surface area contributed by atoms with Gasteiger partial charge in [0.05, 0.1) is 17.1 Å². The van der Waals surface area contributed by atoms with E-state index in [0.717, 1.165) is 48.3 Å². The fraction of sp³-hybridized carbons (Fsp3) is 0.314. The Morgan fingerprint density at radius 1 is 0.750 bits per heavy atom. The first-order valence-corrected chi connectivity index (χ1v) is 14.6. The number of aryl methyl sites for hydroxylation is 1. The largest absolute Gasteiger partial charge is 0.329 e. The summed E-state index contributed by atoms with van der Waals surface area (Å²) < 4.78 is 2.17. The molecule has 5 rings (SSSR count). The molecule has 0 N–H and O–H groups in total. The van der Waals surface area contributed by atoms with Gasteiger partial charge in [-0.2, -0.15) is 0 Å². The summed E-state index contributed by atoms with van der Waals surface area (Å²) in [6.45, 7) is 4.88. The van der Waals surface area contributed by atoms with Crippen molar-refractivity contribution in [3.63, 3.8) is 0 Å². The van der Waals surface area contributed by atoms with Gasteiger partial charge in [0.1, 0.15) is 12.6 Å². The van der Waals surface area contributed by atoms with Crippen LogP contribution in [0.4, 0.5) is 5.69 Å². The molecule has 4 aromatic rings. The van der Waals surface area contributed by atoms with Crippen molar-refractivity contribution in [2.75, 3.05) is 18.0 Å². The van der Waals surface area contributed by atoms with E-state index in [-0.39, 0.29) is 24.4 Å². The minimum absolute atomic E-state index is 0.0233. The van der Waals surface area contributed by atoms with Gasteiger partial charge in [-0.15, -0.1) is 0 Å². The molecule has 1 aliphatic heterocycles. The molecule has 0 saturated carbocycles. The summed E-state index contributed by atoms with van der Waals surface area (Å²) in [7, 11) is 0. The van der Waals surface area contributed by atoms with E-state index in [1.165, 1.54) is 18.4 Å². The van der Waals surface area contributed by atoms with Crippen molar-refractivity contribution in [3.05, 3.63) is 120 Å². The fourth-order valence-corrected chi connectivity index (χ4v) is 5.63. The third kappa shape index (κ3) is 5.74. The van der Waals surface area contributed by atoms with Crippen LogP contribution in [0.3, 0.4) is 0 Å². The second-order valence-electron chi connectivity index (χ2n) is 10.6. The van der Waals surface area contributed by atoms with Gasteiger partial charge in [-0.05, 0) is 66.8 Å². The molecule has 2 heterocycles. The fourth-order valence-electron chi connectivity index (χ4n) is 5.63. The first-order valence-electron chi connectivity index (χ1n) is 14.6. The first kappa shape index (κ1) is 27.4. The Hall–Kier alpha value is -4.12. The van der Waals surface area contributed by atoms with Crippen LogP contribution in [0.5, 0.6) is 0 Å². The lowest BCUT2D eigenvalue weighted by molar-refractivity contribution is -0.119. The summed E-state index contributed by atoms with van der Waals surface area (Å²) >= 11 is 0. The number of hydrogen-bond acceptors (Lipinski definition) is 2. The molecule has 1 aliphatic rings. The zero-order chi connectivity index (χ0) is 27.9. The average molecular weight is 534 g/mol. The molecule has 0 saturated heterocycles. The molecule has 0 aliphatic carbocycles. The minimum atomic E-state index is -0.288. The number of amides is 2. The number of para-hydroxylation sites is 2. The number of aromatic nitrogens is 1. The number of nitrogens with zero attached hydrogens (tertiary/aromatic N) is 3. The highest BCUT2D eigenvalue weighted by Crippen LogP contribution is 2.42. The zero-order valence-corrected chi connectivity index (χ0v) is 23.6. The van der Waals surface area contributed by atoms with Crippen molar-refractivity contribution in [2.45, 2.75) is 58.4 Å². The van der Waals surface area contributed by atoms with Crippen molar-refractivity contribution >= 4 is 17.5 Å². The lowest BCUT2D eigenvalue weighted by Gasteiger charge is -2.39. The molecule has 3 aromatic carbocycles. The molecule has 5 nitrogen and oxygen atoms in total. The maximum absolute atomic E-state index is 14.3. The lowest BCUT2D eigenvalue weighted by Crippen LogP contribution is -2.47. The van der Waals surface area contributed by atoms with Gasteiger partial charge in [0, 0.05) is 18.3 Å². The van der Waals surface area contributed by atoms with E-state index >= 15 is 0 Å². The third-order valence-corrected chi connectivity index (χ3v) is 7.77. The van der Waals surface area contributed by atoms with Crippen LogP contribution in [0, 0.1) is 0 Å². The molecule has 0 spiro atoms. The zero-order valence-electron chi connectivity index (χ0n) is 23.6. The molecule has 206 valence electrons. The van der Waals surface area contributed by atoms with Crippen molar-refractivity contribution in [1.82, 2.24) is 9.47 Å². The Kier molecular flexibility index (Phi) is 8.80. The highest BCUT2D eigenvalue weighted by atomic mass is 16.2. The van der Waals surface area contributed by atoms with Crippen molar-refractivity contribution in [1.29, 1.82) is 0 Å². The van der Waals surface area contributed by atoms with Crippen LogP contribution < -0.4 is 4.90 Å². The van der Waals surface area contributed by atoms with Gasteiger partial charge < -0.3 is 9.47 Å². The topological polar surface area (TPSA) is 45.6 Å². The Morgan fingerprint density at radius 3 is 2.17 bits per heavy atom. The number of hydrogen-bond donors (Lipinski definition) is 0. The molecule has 1 unspecified atom stereocenters. The normalized spacial score (nSPS) is 13.9. The van der Waals surface area contributed by atoms with Crippen molar-refractivity contribution in [3.8, 4) is 5.69 Å². The Balaban J connectivity index is 1.45. The van der Waals surface area contributed by atoms with E-state index in [1.54, 1.807) is 4.90 Å². The Bertz CT molecular complexity index is 1420. The van der Waals surface area contributed by atoms with E-state index in [2.05, 4.69) is 54.9 Å². The van der Waals surface area contributed by atoms with Crippen molar-refractivity contribution in [2.24, 2.45) is 0 Å². The van der Waals surface area contributed by atoms with Crippen LogP contribution in [-0.2, 0) is 11.2 Å². The van der Waals surface area contributed by atoms with Crippen LogP contribution in [0.2, 0.25) is 0 Å². The van der Waals surface area contributed by atoms with Crippen LogP contribution in [0.1, 0.15) is 79.2 Å². The molecule has 0 fully saturated rings. The quantitative estimate of drug-likeness (QED) is 0.187. The van der Waals surface area contributed by atoms with E-state index in [0.29, 0.717) is 12.1 Å². The van der Waals surface area contributed by atoms with E-state index in [4.69, 9.17) is 0 Å². The first-order chi connectivity index (χ1) is 19.6. The number of fused-ring (bicyclic) bond motifs is 3. The predicted octanol–water partition coefficient (Wildman–Crippen LogP) is 7.59. The molecule has 2 amide bonds. The summed E-state index contributed by atoms with van der Waals surface area (Å²) in [5.41, 5.74) is 5.77. The third-order valence-electron chi connectivity index (χ3n) is 7.77. The monoisotopic (exact) mass is 533 g/mol. The van der Waals surface area contributed by atoms with Crippen LogP contribution >= 0.6 is 0 Å². The predicted molar refractivity (Wildman–Crippen MR) is 162 cm³/mol. The second kappa shape index (κ2) is 12.8.